The molecule has 0 aliphatic heterocycles. The topological polar surface area (TPSA) is 71.1 Å². The number of esters is 1. The van der Waals surface area contributed by atoms with Crippen LogP contribution in [-0.2, 0) is 23.8 Å². The van der Waals surface area contributed by atoms with Gasteiger partial charge in [-0.2, -0.15) is 0 Å². The van der Waals surface area contributed by atoms with Gasteiger partial charge in [-0.05, 0) is 31.5 Å². The molecule has 6 heteroatoms. The van der Waals surface area contributed by atoms with Crippen LogP contribution in [-0.4, -0.2) is 45.0 Å². The lowest BCUT2D eigenvalue weighted by molar-refractivity contribution is -0.144. The minimum atomic E-state index is -0.555. The third kappa shape index (κ3) is 8.45. The van der Waals surface area contributed by atoms with Crippen molar-refractivity contribution in [1.82, 2.24) is 0 Å². The molecule has 0 radical (unpaired) electrons. The smallest absolute Gasteiger partial charge is 0.313 e. The number of rotatable bonds is 11. The van der Waals surface area contributed by atoms with Crippen LogP contribution in [0.25, 0.3) is 6.08 Å². The van der Waals surface area contributed by atoms with Crippen LogP contribution in [0.5, 0.6) is 5.75 Å². The highest BCUT2D eigenvalue weighted by Crippen LogP contribution is 2.15. The fraction of sp³-hybridized carbons (Fsp3) is 0.444. The van der Waals surface area contributed by atoms with Gasteiger partial charge in [0.05, 0.1) is 13.7 Å². The van der Waals surface area contributed by atoms with E-state index < -0.39 is 5.97 Å². The molecule has 1 aromatic carbocycles. The first-order valence-electron chi connectivity index (χ1n) is 7.76. The third-order valence-electron chi connectivity index (χ3n) is 2.94. The second-order valence-electron chi connectivity index (χ2n) is 4.92. The molecule has 1 unspecified atom stereocenters. The maximum atomic E-state index is 11.3. The lowest BCUT2D eigenvalue weighted by Gasteiger charge is -2.14. The molecule has 1 atom stereocenters. The zero-order valence-electron chi connectivity index (χ0n) is 14.3. The molecule has 6 nitrogen and oxygen atoms in total. The second kappa shape index (κ2) is 11.4. The summed E-state index contributed by atoms with van der Waals surface area (Å²) in [6, 6.07) is 7.53. The van der Waals surface area contributed by atoms with Gasteiger partial charge in [0.15, 0.2) is 12.1 Å². The molecule has 0 aliphatic carbocycles. The molecule has 0 aliphatic rings. The Morgan fingerprint density at radius 3 is 2.54 bits per heavy atom. The molecule has 0 N–H and O–H groups in total. The quantitative estimate of drug-likeness (QED) is 0.268. The lowest BCUT2D eigenvalue weighted by Crippen LogP contribution is -2.15. The molecular weight excluding hydrogens is 312 g/mol. The molecule has 1 rings (SSSR count). The number of hydrogen-bond donors (Lipinski definition) is 0. The number of ketones is 1. The highest BCUT2D eigenvalue weighted by Gasteiger charge is 2.08. The Kier molecular flexibility index (Phi) is 9.41. The number of Topliss-reactive ketones (excluding diaryl/α,β-unsaturated/α-hetero) is 1. The predicted molar refractivity (Wildman–Crippen MR) is 89.7 cm³/mol. The van der Waals surface area contributed by atoms with E-state index in [1.165, 1.54) is 7.11 Å². The van der Waals surface area contributed by atoms with E-state index in [2.05, 4.69) is 4.74 Å². The van der Waals surface area contributed by atoms with Crippen molar-refractivity contribution in [2.45, 2.75) is 26.6 Å². The van der Waals surface area contributed by atoms with Gasteiger partial charge in [-0.15, -0.1) is 0 Å². The van der Waals surface area contributed by atoms with E-state index in [9.17, 15) is 9.59 Å². The van der Waals surface area contributed by atoms with E-state index in [1.807, 2.05) is 44.2 Å². The average Bonchev–Trinajstić information content (AvgIpc) is 2.56. The van der Waals surface area contributed by atoms with Crippen LogP contribution in [0.15, 0.2) is 30.3 Å². The Hall–Kier alpha value is -2.18. The standard InChI is InChI=1S/C18H24O6/c1-4-23-14(2)24-17-9-7-15(8-10-17)6-5-11-22-13-16(19)12-18(20)21-3/h5-10,14H,4,11-13H2,1-3H3/b6-5+. The molecule has 0 fully saturated rings. The van der Waals surface area contributed by atoms with Gasteiger partial charge >= 0.3 is 5.97 Å². The van der Waals surface area contributed by atoms with E-state index in [0.717, 1.165) is 11.3 Å². The summed E-state index contributed by atoms with van der Waals surface area (Å²) < 4.78 is 20.5. The molecule has 0 spiro atoms. The highest BCUT2D eigenvalue weighted by molar-refractivity contribution is 5.96. The van der Waals surface area contributed by atoms with E-state index in [0.29, 0.717) is 6.61 Å². The summed E-state index contributed by atoms with van der Waals surface area (Å²) in [6.45, 7) is 4.53. The SMILES string of the molecule is CCOC(C)Oc1ccc(/C=C/COCC(=O)CC(=O)OC)cc1. The van der Waals surface area contributed by atoms with Crippen LogP contribution < -0.4 is 4.74 Å². The van der Waals surface area contributed by atoms with Gasteiger partial charge in [0, 0.05) is 6.61 Å². The molecule has 0 bridgehead atoms. The predicted octanol–water partition coefficient (Wildman–Crippen LogP) is 2.61. The number of carbonyl (C=O) groups is 2. The minimum Gasteiger partial charge on any atom is -0.469 e. The molecule has 0 saturated heterocycles. The highest BCUT2D eigenvalue weighted by atomic mass is 16.7. The number of carbonyl (C=O) groups excluding carboxylic acids is 2. The van der Waals surface area contributed by atoms with Crippen molar-refractivity contribution in [3.63, 3.8) is 0 Å². The minimum absolute atomic E-state index is 0.110. The molecule has 1 aromatic rings. The number of ether oxygens (including phenoxy) is 4. The van der Waals surface area contributed by atoms with Crippen molar-refractivity contribution in [3.05, 3.63) is 35.9 Å². The summed E-state index contributed by atoms with van der Waals surface area (Å²) in [5.74, 6) is -0.127. The van der Waals surface area contributed by atoms with Crippen molar-refractivity contribution in [2.75, 3.05) is 26.9 Å². The van der Waals surface area contributed by atoms with Crippen LogP contribution in [0.1, 0.15) is 25.8 Å². The van der Waals surface area contributed by atoms with Crippen LogP contribution in [0, 0.1) is 0 Å². The molecule has 24 heavy (non-hydrogen) atoms. The molecule has 0 aromatic heterocycles. The largest absolute Gasteiger partial charge is 0.469 e. The molecule has 0 saturated carbocycles. The summed E-state index contributed by atoms with van der Waals surface area (Å²) >= 11 is 0. The number of benzene rings is 1. The fourth-order valence-electron chi connectivity index (χ4n) is 1.83. The van der Waals surface area contributed by atoms with Gasteiger partial charge in [0.2, 0.25) is 0 Å². The van der Waals surface area contributed by atoms with Crippen molar-refractivity contribution in [1.29, 1.82) is 0 Å². The van der Waals surface area contributed by atoms with E-state index in [-0.39, 0.29) is 31.7 Å². The van der Waals surface area contributed by atoms with Gasteiger partial charge in [-0.1, -0.05) is 24.3 Å². The molecule has 0 amide bonds. The Labute approximate surface area is 142 Å². The normalized spacial score (nSPS) is 12.1. The number of hydrogen-bond acceptors (Lipinski definition) is 6. The van der Waals surface area contributed by atoms with Gasteiger partial charge in [0.25, 0.3) is 0 Å². The lowest BCUT2D eigenvalue weighted by atomic mass is 10.2. The van der Waals surface area contributed by atoms with E-state index >= 15 is 0 Å². The first kappa shape index (κ1) is 19.9. The number of methoxy groups -OCH3 is 1. The van der Waals surface area contributed by atoms with Crippen molar-refractivity contribution in [2.24, 2.45) is 0 Å². The summed E-state index contributed by atoms with van der Waals surface area (Å²) in [5, 5.41) is 0. The summed E-state index contributed by atoms with van der Waals surface area (Å²) in [5.41, 5.74) is 0.982. The van der Waals surface area contributed by atoms with Crippen molar-refractivity contribution < 1.29 is 28.5 Å². The fourth-order valence-corrected chi connectivity index (χ4v) is 1.83. The van der Waals surface area contributed by atoms with Gasteiger partial charge in [-0.3, -0.25) is 9.59 Å². The first-order valence-corrected chi connectivity index (χ1v) is 7.76. The molecular formula is C18H24O6. The maximum absolute atomic E-state index is 11.3. The van der Waals surface area contributed by atoms with Gasteiger partial charge in [0.1, 0.15) is 18.8 Å². The summed E-state index contributed by atoms with van der Waals surface area (Å²) in [6.07, 6.45) is 3.12. The monoisotopic (exact) mass is 336 g/mol. The Morgan fingerprint density at radius 1 is 1.21 bits per heavy atom. The molecule has 0 heterocycles. The van der Waals surface area contributed by atoms with E-state index in [4.69, 9.17) is 14.2 Å². The zero-order valence-corrected chi connectivity index (χ0v) is 14.3. The van der Waals surface area contributed by atoms with E-state index in [1.54, 1.807) is 6.08 Å². The maximum Gasteiger partial charge on any atom is 0.313 e. The van der Waals surface area contributed by atoms with Crippen LogP contribution in [0.4, 0.5) is 0 Å². The van der Waals surface area contributed by atoms with Gasteiger partial charge < -0.3 is 18.9 Å². The second-order valence-corrected chi connectivity index (χ2v) is 4.92. The Bertz CT molecular complexity index is 535. The van der Waals surface area contributed by atoms with Crippen molar-refractivity contribution >= 4 is 17.8 Å². The summed E-state index contributed by atoms with van der Waals surface area (Å²) in [4.78, 5) is 22.2. The van der Waals surface area contributed by atoms with Crippen molar-refractivity contribution in [3.8, 4) is 5.75 Å². The molecule has 132 valence electrons. The van der Waals surface area contributed by atoms with Crippen LogP contribution in [0.2, 0.25) is 0 Å². The summed E-state index contributed by atoms with van der Waals surface area (Å²) in [7, 11) is 1.24. The third-order valence-corrected chi connectivity index (χ3v) is 2.94. The Balaban J connectivity index is 2.30. The Morgan fingerprint density at radius 2 is 1.92 bits per heavy atom. The first-order chi connectivity index (χ1) is 11.5. The zero-order chi connectivity index (χ0) is 17.8. The van der Waals surface area contributed by atoms with Crippen LogP contribution in [0.3, 0.4) is 0 Å². The van der Waals surface area contributed by atoms with Crippen LogP contribution >= 0.6 is 0 Å². The average molecular weight is 336 g/mol. The van der Waals surface area contributed by atoms with Gasteiger partial charge in [-0.25, -0.2) is 0 Å².